The van der Waals surface area contributed by atoms with Crippen LogP contribution in [0.1, 0.15) is 35.2 Å². The molecule has 2 nitrogen and oxygen atoms in total. The van der Waals surface area contributed by atoms with Gasteiger partial charge in [0.25, 0.3) is 0 Å². The molecule has 0 N–H and O–H groups in total. The standard InChI is InChI=1S/C16H15NO/c18-16-14-7-2-1-5-11(14)9-12-10-13-6-3-4-8-17(13)15(12)16/h1-2,5,7,9-10,15H,3-4,6,8H2. The molecule has 18 heavy (non-hydrogen) atoms. The molecule has 1 aromatic carbocycles. The van der Waals surface area contributed by atoms with E-state index in [-0.39, 0.29) is 11.8 Å². The van der Waals surface area contributed by atoms with Crippen molar-refractivity contribution in [1.29, 1.82) is 0 Å². The topological polar surface area (TPSA) is 20.3 Å². The third-order valence-electron chi connectivity index (χ3n) is 4.21. The third-order valence-corrected chi connectivity index (χ3v) is 4.21. The Morgan fingerprint density at radius 2 is 2.00 bits per heavy atom. The van der Waals surface area contributed by atoms with Crippen LogP contribution >= 0.6 is 0 Å². The Morgan fingerprint density at radius 1 is 1.11 bits per heavy atom. The summed E-state index contributed by atoms with van der Waals surface area (Å²) in [6.45, 7) is 1.03. The molecule has 1 unspecified atom stereocenters. The van der Waals surface area contributed by atoms with Gasteiger partial charge in [-0.05, 0) is 42.6 Å². The Hall–Kier alpha value is -1.83. The fourth-order valence-corrected chi connectivity index (χ4v) is 3.36. The minimum atomic E-state index is -0.0322. The van der Waals surface area contributed by atoms with Crippen molar-refractivity contribution < 1.29 is 4.79 Å². The van der Waals surface area contributed by atoms with Crippen LogP contribution in [0.5, 0.6) is 0 Å². The number of Topliss-reactive ketones (excluding diaryl/α,β-unsaturated/α-hetero) is 1. The summed E-state index contributed by atoms with van der Waals surface area (Å²) in [6.07, 6.45) is 8.00. The van der Waals surface area contributed by atoms with E-state index in [4.69, 9.17) is 0 Å². The van der Waals surface area contributed by atoms with Crippen molar-refractivity contribution in [3.05, 3.63) is 52.7 Å². The summed E-state index contributed by atoms with van der Waals surface area (Å²) in [5.74, 6) is 0.274. The molecule has 2 aliphatic heterocycles. The minimum Gasteiger partial charge on any atom is -0.361 e. The molecule has 1 aromatic rings. The zero-order valence-electron chi connectivity index (χ0n) is 10.2. The van der Waals surface area contributed by atoms with Crippen LogP contribution in [0.15, 0.2) is 41.6 Å². The van der Waals surface area contributed by atoms with E-state index >= 15 is 0 Å². The number of nitrogens with zero attached hydrogens (tertiary/aromatic N) is 1. The van der Waals surface area contributed by atoms with Crippen molar-refractivity contribution in [1.82, 2.24) is 4.90 Å². The van der Waals surface area contributed by atoms with Gasteiger partial charge in [0.15, 0.2) is 5.78 Å². The molecule has 0 saturated carbocycles. The number of hydrogen-bond acceptors (Lipinski definition) is 2. The Bertz CT molecular complexity index is 597. The molecule has 90 valence electrons. The van der Waals surface area contributed by atoms with Crippen LogP contribution in [0.3, 0.4) is 0 Å². The summed E-state index contributed by atoms with van der Waals surface area (Å²) in [7, 11) is 0. The lowest BCUT2D eigenvalue weighted by Gasteiger charge is -2.34. The molecule has 0 spiro atoms. The molecule has 1 atom stereocenters. The summed E-state index contributed by atoms with van der Waals surface area (Å²) in [6, 6.07) is 7.91. The van der Waals surface area contributed by atoms with Crippen molar-refractivity contribution in [3.8, 4) is 0 Å². The molecule has 2 heteroatoms. The smallest absolute Gasteiger partial charge is 0.190 e. The average molecular weight is 237 g/mol. The maximum absolute atomic E-state index is 12.6. The summed E-state index contributed by atoms with van der Waals surface area (Å²) in [4.78, 5) is 15.0. The predicted octanol–water partition coefficient (Wildman–Crippen LogP) is 3.02. The van der Waals surface area contributed by atoms with E-state index in [0.717, 1.165) is 24.1 Å². The molecular weight excluding hydrogens is 222 g/mol. The summed E-state index contributed by atoms with van der Waals surface area (Å²) in [5, 5.41) is 0. The zero-order valence-corrected chi connectivity index (χ0v) is 10.2. The van der Waals surface area contributed by atoms with E-state index in [1.54, 1.807) is 0 Å². The lowest BCUT2D eigenvalue weighted by molar-refractivity contribution is 0.0888. The first-order chi connectivity index (χ1) is 8.84. The first-order valence-corrected chi connectivity index (χ1v) is 6.67. The highest BCUT2D eigenvalue weighted by molar-refractivity contribution is 6.09. The quantitative estimate of drug-likeness (QED) is 0.691. The van der Waals surface area contributed by atoms with Crippen LogP contribution in [-0.4, -0.2) is 23.3 Å². The SMILES string of the molecule is O=C1c2ccccc2C=C2C=C3CCCCN3C12. The zero-order chi connectivity index (χ0) is 12.1. The van der Waals surface area contributed by atoms with Gasteiger partial charge in [0.05, 0.1) is 0 Å². The van der Waals surface area contributed by atoms with Crippen LogP contribution in [0, 0.1) is 0 Å². The number of piperidine rings is 1. The molecule has 1 fully saturated rings. The highest BCUT2D eigenvalue weighted by Gasteiger charge is 2.39. The van der Waals surface area contributed by atoms with Crippen molar-refractivity contribution >= 4 is 11.9 Å². The second-order valence-electron chi connectivity index (χ2n) is 5.28. The molecule has 2 heterocycles. The highest BCUT2D eigenvalue weighted by atomic mass is 16.1. The van der Waals surface area contributed by atoms with Gasteiger partial charge in [0.2, 0.25) is 0 Å². The van der Waals surface area contributed by atoms with Crippen LogP contribution < -0.4 is 0 Å². The second kappa shape index (κ2) is 3.58. The third kappa shape index (κ3) is 1.26. The molecule has 0 radical (unpaired) electrons. The summed E-state index contributed by atoms with van der Waals surface area (Å²) >= 11 is 0. The van der Waals surface area contributed by atoms with Gasteiger partial charge in [-0.25, -0.2) is 0 Å². The van der Waals surface area contributed by atoms with Gasteiger partial charge in [-0.15, -0.1) is 0 Å². The van der Waals surface area contributed by atoms with E-state index < -0.39 is 0 Å². The van der Waals surface area contributed by atoms with Crippen molar-refractivity contribution in [3.63, 3.8) is 0 Å². The Morgan fingerprint density at radius 3 is 2.94 bits per heavy atom. The lowest BCUT2D eigenvalue weighted by atomic mass is 9.88. The first kappa shape index (κ1) is 10.1. The van der Waals surface area contributed by atoms with Gasteiger partial charge >= 0.3 is 0 Å². The number of carbonyl (C=O) groups excluding carboxylic acids is 1. The van der Waals surface area contributed by atoms with Crippen molar-refractivity contribution in [2.45, 2.75) is 25.3 Å². The second-order valence-corrected chi connectivity index (χ2v) is 5.28. The highest BCUT2D eigenvalue weighted by Crippen LogP contribution is 2.38. The molecule has 0 amide bonds. The molecular formula is C16H15NO. The molecule has 3 aliphatic rings. The number of carbonyl (C=O) groups is 1. The molecule has 0 bridgehead atoms. The van der Waals surface area contributed by atoms with E-state index in [2.05, 4.69) is 17.1 Å². The Labute approximate surface area is 107 Å². The summed E-state index contributed by atoms with van der Waals surface area (Å²) in [5.41, 5.74) is 4.51. The number of ketones is 1. The Kier molecular flexibility index (Phi) is 2.01. The number of benzene rings is 1. The number of fused-ring (bicyclic) bond motifs is 4. The van der Waals surface area contributed by atoms with Crippen LogP contribution in [0.2, 0.25) is 0 Å². The fraction of sp³-hybridized carbons (Fsp3) is 0.312. The van der Waals surface area contributed by atoms with E-state index in [0.29, 0.717) is 0 Å². The summed E-state index contributed by atoms with van der Waals surface area (Å²) < 4.78 is 0. The van der Waals surface area contributed by atoms with E-state index in [1.807, 2.05) is 24.3 Å². The molecule has 0 aromatic heterocycles. The van der Waals surface area contributed by atoms with Crippen LogP contribution in [0.25, 0.3) is 6.08 Å². The maximum Gasteiger partial charge on any atom is 0.190 e. The van der Waals surface area contributed by atoms with Gasteiger partial charge in [-0.1, -0.05) is 24.3 Å². The number of allylic oxidation sites excluding steroid dienone is 1. The van der Waals surface area contributed by atoms with Gasteiger partial charge in [-0.3, -0.25) is 4.79 Å². The molecule has 4 rings (SSSR count). The van der Waals surface area contributed by atoms with E-state index in [9.17, 15) is 4.79 Å². The molecule has 1 aliphatic carbocycles. The van der Waals surface area contributed by atoms with Crippen LogP contribution in [-0.2, 0) is 0 Å². The van der Waals surface area contributed by atoms with Gasteiger partial charge < -0.3 is 4.90 Å². The first-order valence-electron chi connectivity index (χ1n) is 6.67. The Balaban J connectivity index is 1.86. The minimum absolute atomic E-state index is 0.0322. The van der Waals surface area contributed by atoms with Gasteiger partial charge in [-0.2, -0.15) is 0 Å². The fourth-order valence-electron chi connectivity index (χ4n) is 3.36. The van der Waals surface area contributed by atoms with Gasteiger partial charge in [0.1, 0.15) is 6.04 Å². The average Bonchev–Trinajstić information content (AvgIpc) is 2.77. The van der Waals surface area contributed by atoms with Gasteiger partial charge in [0, 0.05) is 17.8 Å². The maximum atomic E-state index is 12.6. The monoisotopic (exact) mass is 237 g/mol. The number of hydrogen-bond donors (Lipinski definition) is 0. The van der Waals surface area contributed by atoms with Crippen molar-refractivity contribution in [2.75, 3.05) is 6.54 Å². The van der Waals surface area contributed by atoms with Crippen LogP contribution in [0.4, 0.5) is 0 Å². The van der Waals surface area contributed by atoms with Crippen molar-refractivity contribution in [2.24, 2.45) is 0 Å². The lowest BCUT2D eigenvalue weighted by Crippen LogP contribution is -2.41. The normalized spacial score (nSPS) is 25.0. The molecule has 1 saturated heterocycles. The van der Waals surface area contributed by atoms with E-state index in [1.165, 1.54) is 24.1 Å². The largest absolute Gasteiger partial charge is 0.361 e. The predicted molar refractivity (Wildman–Crippen MR) is 71.2 cm³/mol. The number of rotatable bonds is 0.